The van der Waals surface area contributed by atoms with Crippen LogP contribution in [0.3, 0.4) is 0 Å². The summed E-state index contributed by atoms with van der Waals surface area (Å²) in [7, 11) is 0. The van der Waals surface area contributed by atoms with E-state index in [4.69, 9.17) is 11.6 Å². The highest BCUT2D eigenvalue weighted by Crippen LogP contribution is 2.30. The Morgan fingerprint density at radius 3 is 3.00 bits per heavy atom. The van der Waals surface area contributed by atoms with Crippen LogP contribution in [0.2, 0.25) is 5.02 Å². The number of anilines is 1. The van der Waals surface area contributed by atoms with E-state index < -0.39 is 5.92 Å². The molecule has 5 nitrogen and oxygen atoms in total. The molecule has 0 spiro atoms. The minimum atomic E-state index is -0.653. The molecule has 24 heavy (non-hydrogen) atoms. The van der Waals surface area contributed by atoms with E-state index in [1.165, 1.54) is 0 Å². The van der Waals surface area contributed by atoms with Crippen LogP contribution in [-0.2, 0) is 16.1 Å². The van der Waals surface area contributed by atoms with Crippen LogP contribution < -0.4 is 10.2 Å². The van der Waals surface area contributed by atoms with Crippen molar-refractivity contribution in [1.82, 2.24) is 10.3 Å². The number of hydrogen-bond donors (Lipinski definition) is 1. The molecular weight excluding hydrogens is 326 g/mol. The molecule has 1 aliphatic rings. The number of hydrogen-bond acceptors (Lipinski definition) is 3. The number of nitrogens with zero attached hydrogens (tertiary/aromatic N) is 2. The van der Waals surface area contributed by atoms with Gasteiger partial charge in [0.05, 0.1) is 0 Å². The molecule has 1 aliphatic heterocycles. The fourth-order valence-electron chi connectivity index (χ4n) is 2.85. The van der Waals surface area contributed by atoms with Gasteiger partial charge in [-0.3, -0.25) is 14.6 Å². The van der Waals surface area contributed by atoms with Crippen LogP contribution in [0.25, 0.3) is 0 Å². The van der Waals surface area contributed by atoms with Crippen molar-refractivity contribution in [2.45, 2.75) is 19.9 Å². The Kier molecular flexibility index (Phi) is 4.81. The summed E-state index contributed by atoms with van der Waals surface area (Å²) in [6, 6.07) is 9.13. The summed E-state index contributed by atoms with van der Waals surface area (Å²) in [6.45, 7) is 2.81. The van der Waals surface area contributed by atoms with E-state index in [1.807, 2.05) is 25.1 Å². The van der Waals surface area contributed by atoms with Crippen molar-refractivity contribution in [1.29, 1.82) is 0 Å². The minimum Gasteiger partial charge on any atom is -0.351 e. The summed E-state index contributed by atoms with van der Waals surface area (Å²) in [4.78, 5) is 30.6. The van der Waals surface area contributed by atoms with Gasteiger partial charge in [-0.25, -0.2) is 0 Å². The number of rotatable bonds is 4. The molecule has 0 bridgehead atoms. The van der Waals surface area contributed by atoms with Gasteiger partial charge in [0.15, 0.2) is 0 Å². The largest absolute Gasteiger partial charge is 0.351 e. The summed E-state index contributed by atoms with van der Waals surface area (Å²) in [5.74, 6) is -1.07. The maximum Gasteiger partial charge on any atom is 0.239 e. The van der Waals surface area contributed by atoms with Gasteiger partial charge in [-0.2, -0.15) is 0 Å². The number of carbonyl (C=O) groups excluding carboxylic acids is 2. The number of carbonyl (C=O) groups is 2. The normalized spacial score (nSPS) is 17.2. The lowest BCUT2D eigenvalue weighted by Gasteiger charge is -2.19. The molecule has 1 aromatic carbocycles. The highest BCUT2D eigenvalue weighted by atomic mass is 35.5. The van der Waals surface area contributed by atoms with Gasteiger partial charge >= 0.3 is 0 Å². The number of amides is 2. The molecule has 2 heterocycles. The van der Waals surface area contributed by atoms with Crippen molar-refractivity contribution >= 4 is 29.1 Å². The molecule has 2 amide bonds. The molecule has 2 aromatic rings. The number of aryl methyl sites for hydroxylation is 1. The predicted molar refractivity (Wildman–Crippen MR) is 92.7 cm³/mol. The molecule has 1 fully saturated rings. The molecule has 0 radical (unpaired) electrons. The van der Waals surface area contributed by atoms with Crippen molar-refractivity contribution in [3.63, 3.8) is 0 Å². The number of pyridine rings is 1. The number of nitrogens with one attached hydrogen (secondary N) is 1. The SMILES string of the molecule is Cc1ccc(Cl)cc1N1CCC(C(=O)NCc2cccnc2)C1=O. The van der Waals surface area contributed by atoms with Gasteiger partial charge in [0.1, 0.15) is 5.92 Å². The van der Waals surface area contributed by atoms with Gasteiger partial charge in [0.25, 0.3) is 0 Å². The molecule has 0 aliphatic carbocycles. The van der Waals surface area contributed by atoms with Gasteiger partial charge < -0.3 is 10.2 Å². The molecule has 1 N–H and O–H groups in total. The average molecular weight is 344 g/mol. The Morgan fingerprint density at radius 2 is 2.25 bits per heavy atom. The smallest absolute Gasteiger partial charge is 0.239 e. The monoisotopic (exact) mass is 343 g/mol. The first kappa shape index (κ1) is 16.5. The van der Waals surface area contributed by atoms with Crippen molar-refractivity contribution in [3.05, 3.63) is 58.9 Å². The van der Waals surface area contributed by atoms with Gasteiger partial charge in [0, 0.05) is 36.2 Å². The van der Waals surface area contributed by atoms with Crippen molar-refractivity contribution < 1.29 is 9.59 Å². The molecule has 1 aromatic heterocycles. The molecule has 1 saturated heterocycles. The lowest BCUT2D eigenvalue weighted by Crippen LogP contribution is -2.36. The van der Waals surface area contributed by atoms with E-state index in [9.17, 15) is 9.59 Å². The van der Waals surface area contributed by atoms with E-state index in [1.54, 1.807) is 29.4 Å². The standard InChI is InChI=1S/C18H18ClN3O2/c1-12-4-5-14(19)9-16(12)22-8-6-15(18(22)24)17(23)21-11-13-3-2-7-20-10-13/h2-5,7,9-10,15H,6,8,11H2,1H3,(H,21,23). The Balaban J connectivity index is 1.67. The third-order valence-electron chi connectivity index (χ3n) is 4.17. The first-order chi connectivity index (χ1) is 11.6. The molecule has 3 rings (SSSR count). The zero-order valence-electron chi connectivity index (χ0n) is 13.3. The molecule has 1 atom stereocenters. The first-order valence-electron chi connectivity index (χ1n) is 7.80. The zero-order chi connectivity index (χ0) is 17.1. The lowest BCUT2D eigenvalue weighted by atomic mass is 10.1. The highest BCUT2D eigenvalue weighted by molar-refractivity contribution is 6.31. The Hall–Kier alpha value is -2.40. The maximum atomic E-state index is 12.6. The quantitative estimate of drug-likeness (QED) is 0.868. The van der Waals surface area contributed by atoms with Crippen LogP contribution in [0.4, 0.5) is 5.69 Å². The van der Waals surface area contributed by atoms with Crippen LogP contribution in [0.5, 0.6) is 0 Å². The summed E-state index contributed by atoms with van der Waals surface area (Å²) >= 11 is 6.04. The fraction of sp³-hybridized carbons (Fsp3) is 0.278. The van der Waals surface area contributed by atoms with Gasteiger partial charge in [-0.15, -0.1) is 0 Å². The van der Waals surface area contributed by atoms with E-state index in [0.29, 0.717) is 24.5 Å². The number of aromatic nitrogens is 1. The van der Waals surface area contributed by atoms with Gasteiger partial charge in [-0.1, -0.05) is 23.7 Å². The van der Waals surface area contributed by atoms with Crippen LogP contribution in [-0.4, -0.2) is 23.3 Å². The van der Waals surface area contributed by atoms with Crippen molar-refractivity contribution in [2.75, 3.05) is 11.4 Å². The van der Waals surface area contributed by atoms with Gasteiger partial charge in [-0.05, 0) is 42.7 Å². The summed E-state index contributed by atoms with van der Waals surface area (Å²) in [5, 5.41) is 3.39. The second-order valence-corrected chi connectivity index (χ2v) is 6.28. The van der Waals surface area contributed by atoms with Crippen molar-refractivity contribution in [2.24, 2.45) is 5.92 Å². The molecule has 6 heteroatoms. The van der Waals surface area contributed by atoms with E-state index >= 15 is 0 Å². The lowest BCUT2D eigenvalue weighted by molar-refractivity contribution is -0.132. The van der Waals surface area contributed by atoms with Crippen LogP contribution in [0, 0.1) is 12.8 Å². The third-order valence-corrected chi connectivity index (χ3v) is 4.41. The fourth-order valence-corrected chi connectivity index (χ4v) is 3.02. The molecular formula is C18H18ClN3O2. The maximum absolute atomic E-state index is 12.6. The Morgan fingerprint density at radius 1 is 1.42 bits per heavy atom. The van der Waals surface area contributed by atoms with E-state index in [0.717, 1.165) is 16.8 Å². The highest BCUT2D eigenvalue weighted by Gasteiger charge is 2.37. The summed E-state index contributed by atoms with van der Waals surface area (Å²) in [5.41, 5.74) is 2.64. The first-order valence-corrected chi connectivity index (χ1v) is 8.18. The van der Waals surface area contributed by atoms with E-state index in [2.05, 4.69) is 10.3 Å². The summed E-state index contributed by atoms with van der Waals surface area (Å²) < 4.78 is 0. The average Bonchev–Trinajstić information content (AvgIpc) is 2.97. The predicted octanol–water partition coefficient (Wildman–Crippen LogP) is 2.71. The van der Waals surface area contributed by atoms with E-state index in [-0.39, 0.29) is 11.8 Å². The van der Waals surface area contributed by atoms with Crippen molar-refractivity contribution in [3.8, 4) is 0 Å². The minimum absolute atomic E-state index is 0.177. The van der Waals surface area contributed by atoms with Gasteiger partial charge in [0.2, 0.25) is 11.8 Å². The second kappa shape index (κ2) is 7.01. The van der Waals surface area contributed by atoms with Crippen LogP contribution in [0.15, 0.2) is 42.7 Å². The topological polar surface area (TPSA) is 62.3 Å². The zero-order valence-corrected chi connectivity index (χ0v) is 14.1. The number of halogens is 1. The molecule has 124 valence electrons. The third kappa shape index (κ3) is 3.41. The summed E-state index contributed by atoms with van der Waals surface area (Å²) in [6.07, 6.45) is 3.87. The van der Waals surface area contributed by atoms with Crippen LogP contribution >= 0.6 is 11.6 Å². The Labute approximate surface area is 145 Å². The molecule has 0 saturated carbocycles. The molecule has 1 unspecified atom stereocenters. The Bertz CT molecular complexity index is 764. The van der Waals surface area contributed by atoms with Crippen LogP contribution in [0.1, 0.15) is 17.5 Å². The number of benzene rings is 1. The second-order valence-electron chi connectivity index (χ2n) is 5.84.